The Bertz CT molecular complexity index is 680. The fourth-order valence-corrected chi connectivity index (χ4v) is 4.01. The highest BCUT2D eigenvalue weighted by Crippen LogP contribution is 2.21. The maximum absolute atomic E-state index is 12.0. The van der Waals surface area contributed by atoms with Crippen LogP contribution in [0.15, 0.2) is 24.3 Å². The molecule has 1 N–H and O–H groups in total. The van der Waals surface area contributed by atoms with Crippen LogP contribution < -0.4 is 5.32 Å². The van der Waals surface area contributed by atoms with Gasteiger partial charge in [-0.1, -0.05) is 12.1 Å². The zero-order valence-corrected chi connectivity index (χ0v) is 14.8. The number of rotatable bonds is 6. The number of aromatic nitrogens is 1. The molecule has 6 nitrogen and oxygen atoms in total. The highest BCUT2D eigenvalue weighted by atomic mass is 32.2. The normalized spacial score (nSPS) is 14.8. The Morgan fingerprint density at radius 2 is 2.04 bits per heavy atom. The Kier molecular flexibility index (Phi) is 6.06. The van der Waals surface area contributed by atoms with Crippen molar-refractivity contribution in [2.24, 2.45) is 0 Å². The molecule has 1 fully saturated rings. The third-order valence-electron chi connectivity index (χ3n) is 3.60. The maximum atomic E-state index is 12.0. The lowest BCUT2D eigenvalue weighted by Crippen LogP contribution is -2.41. The molecule has 0 aliphatic carbocycles. The molecule has 1 saturated heterocycles. The second-order valence-corrected chi connectivity index (χ2v) is 7.44. The monoisotopic (exact) mass is 365 g/mol. The van der Waals surface area contributed by atoms with E-state index in [1.807, 2.05) is 24.3 Å². The Hall–Kier alpha value is -1.64. The predicted molar refractivity (Wildman–Crippen MR) is 96.2 cm³/mol. The van der Waals surface area contributed by atoms with Crippen LogP contribution in [0.25, 0.3) is 10.2 Å². The summed E-state index contributed by atoms with van der Waals surface area (Å²) in [7, 11) is 0. The van der Waals surface area contributed by atoms with Crippen molar-refractivity contribution < 1.29 is 14.3 Å². The molecule has 2 amide bonds. The zero-order chi connectivity index (χ0) is 16.8. The summed E-state index contributed by atoms with van der Waals surface area (Å²) < 4.78 is 6.34. The van der Waals surface area contributed by atoms with E-state index in [1.165, 1.54) is 11.8 Å². The van der Waals surface area contributed by atoms with E-state index in [2.05, 4.69) is 10.3 Å². The molecule has 8 heteroatoms. The lowest BCUT2D eigenvalue weighted by Gasteiger charge is -2.26. The van der Waals surface area contributed by atoms with E-state index in [0.717, 1.165) is 15.2 Å². The molecule has 3 rings (SSSR count). The summed E-state index contributed by atoms with van der Waals surface area (Å²) in [6, 6.07) is 7.91. The summed E-state index contributed by atoms with van der Waals surface area (Å²) in [5.41, 5.74) is 0.956. The number of nitrogens with zero attached hydrogens (tertiary/aromatic N) is 2. The third kappa shape index (κ3) is 4.68. The Balaban J connectivity index is 1.37. The Labute approximate surface area is 148 Å². The number of carbonyl (C=O) groups is 2. The summed E-state index contributed by atoms with van der Waals surface area (Å²) in [6.45, 7) is 2.90. The number of thioether (sulfide) groups is 1. The molecule has 24 heavy (non-hydrogen) atoms. The van der Waals surface area contributed by atoms with Crippen molar-refractivity contribution in [1.29, 1.82) is 0 Å². The fourth-order valence-electron chi connectivity index (χ4n) is 2.36. The average Bonchev–Trinajstić information content (AvgIpc) is 3.03. The first kappa shape index (κ1) is 17.2. The molecule has 0 spiro atoms. The number of benzene rings is 1. The molecule has 1 aromatic heterocycles. The highest BCUT2D eigenvalue weighted by molar-refractivity contribution is 8.00. The first-order chi connectivity index (χ1) is 11.7. The standard InChI is InChI=1S/C16H19N3O3S2/c20-14(10-23-11-16(21)19-5-7-22-8-6-19)17-9-15-18-12-3-1-2-4-13(12)24-15/h1-4H,5-11H2,(H,17,20). The van der Waals surface area contributed by atoms with Gasteiger partial charge in [0.15, 0.2) is 0 Å². The van der Waals surface area contributed by atoms with Gasteiger partial charge in [-0.15, -0.1) is 23.1 Å². The van der Waals surface area contributed by atoms with Gasteiger partial charge in [0.1, 0.15) is 5.01 Å². The first-order valence-corrected chi connectivity index (χ1v) is 9.74. The third-order valence-corrected chi connectivity index (χ3v) is 5.55. The summed E-state index contributed by atoms with van der Waals surface area (Å²) in [4.78, 5) is 30.1. The van der Waals surface area contributed by atoms with Gasteiger partial charge in [-0.05, 0) is 12.1 Å². The number of para-hydroxylation sites is 1. The smallest absolute Gasteiger partial charge is 0.232 e. The first-order valence-electron chi connectivity index (χ1n) is 7.77. The lowest BCUT2D eigenvalue weighted by atomic mass is 10.3. The second-order valence-electron chi connectivity index (χ2n) is 5.34. The summed E-state index contributed by atoms with van der Waals surface area (Å²) >= 11 is 2.92. The van der Waals surface area contributed by atoms with Crippen LogP contribution in [0.3, 0.4) is 0 Å². The minimum atomic E-state index is -0.0750. The molecular weight excluding hydrogens is 346 g/mol. The van der Waals surface area contributed by atoms with E-state index in [4.69, 9.17) is 4.74 Å². The zero-order valence-electron chi connectivity index (χ0n) is 13.2. The van der Waals surface area contributed by atoms with Crippen molar-refractivity contribution in [2.45, 2.75) is 6.54 Å². The summed E-state index contributed by atoms with van der Waals surface area (Å²) in [5.74, 6) is 0.603. The molecule has 0 atom stereocenters. The highest BCUT2D eigenvalue weighted by Gasteiger charge is 2.17. The SMILES string of the molecule is O=C(CSCC(=O)N1CCOCC1)NCc1nc2ccccc2s1. The van der Waals surface area contributed by atoms with Crippen molar-refractivity contribution in [3.05, 3.63) is 29.3 Å². The number of carbonyl (C=O) groups excluding carboxylic acids is 2. The van der Waals surface area contributed by atoms with E-state index in [1.54, 1.807) is 16.2 Å². The summed E-state index contributed by atoms with van der Waals surface area (Å²) in [5, 5.41) is 3.74. The van der Waals surface area contributed by atoms with Crippen LogP contribution in [-0.2, 0) is 20.9 Å². The van der Waals surface area contributed by atoms with Crippen LogP contribution in [0.5, 0.6) is 0 Å². The van der Waals surface area contributed by atoms with E-state index >= 15 is 0 Å². The topological polar surface area (TPSA) is 71.5 Å². The van der Waals surface area contributed by atoms with E-state index in [0.29, 0.717) is 38.6 Å². The molecule has 0 radical (unpaired) electrons. The second kappa shape index (κ2) is 8.46. The van der Waals surface area contributed by atoms with E-state index in [-0.39, 0.29) is 17.6 Å². The van der Waals surface area contributed by atoms with Crippen LogP contribution in [0.1, 0.15) is 5.01 Å². The fraction of sp³-hybridized carbons (Fsp3) is 0.438. The molecule has 0 unspecified atom stereocenters. The average molecular weight is 365 g/mol. The molecule has 1 aliphatic rings. The molecule has 2 heterocycles. The number of thiazole rings is 1. The van der Waals surface area contributed by atoms with Gasteiger partial charge in [-0.2, -0.15) is 0 Å². The largest absolute Gasteiger partial charge is 0.378 e. The number of fused-ring (bicyclic) bond motifs is 1. The molecular formula is C16H19N3O3S2. The minimum absolute atomic E-state index is 0.0715. The van der Waals surface area contributed by atoms with Crippen LogP contribution in [0.4, 0.5) is 0 Å². The number of hydrogen-bond donors (Lipinski definition) is 1. The van der Waals surface area contributed by atoms with Crippen LogP contribution in [0, 0.1) is 0 Å². The molecule has 2 aromatic rings. The van der Waals surface area contributed by atoms with Crippen molar-refractivity contribution in [2.75, 3.05) is 37.8 Å². The van der Waals surface area contributed by atoms with Crippen LogP contribution >= 0.6 is 23.1 Å². The van der Waals surface area contributed by atoms with Gasteiger partial charge in [0.05, 0.1) is 41.5 Å². The van der Waals surface area contributed by atoms with Gasteiger partial charge >= 0.3 is 0 Å². The van der Waals surface area contributed by atoms with E-state index < -0.39 is 0 Å². The number of amides is 2. The number of morpholine rings is 1. The minimum Gasteiger partial charge on any atom is -0.378 e. The van der Waals surface area contributed by atoms with Gasteiger partial charge in [-0.3, -0.25) is 9.59 Å². The Morgan fingerprint density at radius 1 is 1.25 bits per heavy atom. The number of nitrogens with one attached hydrogen (secondary N) is 1. The van der Waals surface area contributed by atoms with Crippen molar-refractivity contribution in [3.8, 4) is 0 Å². The molecule has 0 saturated carbocycles. The maximum Gasteiger partial charge on any atom is 0.232 e. The van der Waals surface area contributed by atoms with Gasteiger partial charge in [0.25, 0.3) is 0 Å². The van der Waals surface area contributed by atoms with Gasteiger partial charge in [0, 0.05) is 13.1 Å². The van der Waals surface area contributed by atoms with Gasteiger partial charge in [-0.25, -0.2) is 4.98 Å². The summed E-state index contributed by atoms with van der Waals surface area (Å²) in [6.07, 6.45) is 0. The van der Waals surface area contributed by atoms with Gasteiger partial charge < -0.3 is 15.0 Å². The van der Waals surface area contributed by atoms with Crippen molar-refractivity contribution >= 4 is 45.1 Å². The number of hydrogen-bond acceptors (Lipinski definition) is 6. The number of ether oxygens (including phenoxy) is 1. The lowest BCUT2D eigenvalue weighted by molar-refractivity contribution is -0.132. The Morgan fingerprint density at radius 3 is 2.83 bits per heavy atom. The van der Waals surface area contributed by atoms with Crippen LogP contribution in [-0.4, -0.2) is 59.5 Å². The molecule has 1 aliphatic heterocycles. The van der Waals surface area contributed by atoms with Gasteiger partial charge in [0.2, 0.25) is 11.8 Å². The van der Waals surface area contributed by atoms with Crippen molar-refractivity contribution in [3.63, 3.8) is 0 Å². The van der Waals surface area contributed by atoms with Crippen molar-refractivity contribution in [1.82, 2.24) is 15.2 Å². The predicted octanol–water partition coefficient (Wildman–Crippen LogP) is 1.50. The molecule has 1 aromatic carbocycles. The van der Waals surface area contributed by atoms with E-state index in [9.17, 15) is 9.59 Å². The quantitative estimate of drug-likeness (QED) is 0.840. The molecule has 0 bridgehead atoms. The van der Waals surface area contributed by atoms with Crippen LogP contribution in [0.2, 0.25) is 0 Å². The molecule has 128 valence electrons.